The van der Waals surface area contributed by atoms with Crippen LogP contribution in [0.15, 0.2) is 18.2 Å². The van der Waals surface area contributed by atoms with Crippen LogP contribution in [0.3, 0.4) is 0 Å². The molecule has 3 rings (SSSR count). The van der Waals surface area contributed by atoms with Crippen molar-refractivity contribution >= 4 is 11.6 Å². The number of nitrogens with one attached hydrogen (secondary N) is 1. The van der Waals surface area contributed by atoms with E-state index in [1.165, 1.54) is 29.7 Å². The van der Waals surface area contributed by atoms with Crippen LogP contribution in [-0.4, -0.2) is 49.6 Å². The van der Waals surface area contributed by atoms with Crippen molar-refractivity contribution in [2.24, 2.45) is 0 Å². The van der Waals surface area contributed by atoms with Crippen molar-refractivity contribution in [1.82, 2.24) is 10.2 Å². The number of carbonyl (C=O) groups excluding carboxylic acids is 1. The van der Waals surface area contributed by atoms with Gasteiger partial charge in [-0.1, -0.05) is 18.6 Å². The average molecular weight is 301 g/mol. The minimum absolute atomic E-state index is 0.0565. The van der Waals surface area contributed by atoms with Gasteiger partial charge in [0.15, 0.2) is 0 Å². The number of piperidine rings is 1. The van der Waals surface area contributed by atoms with Crippen LogP contribution in [0.1, 0.15) is 30.4 Å². The molecule has 2 saturated heterocycles. The Morgan fingerprint density at radius 3 is 2.59 bits per heavy atom. The first-order valence-corrected chi connectivity index (χ1v) is 8.50. The second-order valence-corrected chi connectivity index (χ2v) is 6.53. The molecule has 4 nitrogen and oxygen atoms in total. The van der Waals surface area contributed by atoms with E-state index in [0.29, 0.717) is 5.91 Å². The highest BCUT2D eigenvalue weighted by Gasteiger charge is 2.28. The van der Waals surface area contributed by atoms with Crippen molar-refractivity contribution in [3.8, 4) is 0 Å². The number of nitrogens with zero attached hydrogens (tertiary/aromatic N) is 2. The third kappa shape index (κ3) is 3.12. The molecule has 2 fully saturated rings. The molecule has 4 heteroatoms. The smallest absolute Gasteiger partial charge is 0.239 e. The summed E-state index contributed by atoms with van der Waals surface area (Å²) in [6, 6.07) is 6.54. The van der Waals surface area contributed by atoms with E-state index in [2.05, 4.69) is 42.3 Å². The summed E-state index contributed by atoms with van der Waals surface area (Å²) in [5.41, 5.74) is 4.02. The normalized spacial score (nSPS) is 22.7. The lowest BCUT2D eigenvalue weighted by molar-refractivity contribution is -0.134. The second-order valence-electron chi connectivity index (χ2n) is 6.53. The maximum absolute atomic E-state index is 12.6. The zero-order valence-corrected chi connectivity index (χ0v) is 13.8. The Labute approximate surface area is 133 Å². The van der Waals surface area contributed by atoms with E-state index in [-0.39, 0.29) is 6.04 Å². The largest absolute Gasteiger partial charge is 0.368 e. The molecule has 1 amide bonds. The summed E-state index contributed by atoms with van der Waals surface area (Å²) in [6.07, 6.45) is 3.37. The fraction of sp³-hybridized carbons (Fsp3) is 0.611. The molecule has 0 radical (unpaired) electrons. The Balaban J connectivity index is 1.60. The standard InChI is InChI=1S/C18H27N3O/c1-14-6-5-8-17(15(14)2)20-10-12-21(13-11-20)18(22)16-7-3-4-9-19-16/h5-6,8,16,19H,3-4,7,9-13H2,1-2H3/t16-/m1/s1. The number of piperazine rings is 1. The second kappa shape index (κ2) is 6.69. The van der Waals surface area contributed by atoms with E-state index in [1.807, 2.05) is 4.90 Å². The molecule has 22 heavy (non-hydrogen) atoms. The van der Waals surface area contributed by atoms with Crippen molar-refractivity contribution in [2.45, 2.75) is 39.2 Å². The average Bonchev–Trinajstić information content (AvgIpc) is 2.58. The Morgan fingerprint density at radius 2 is 1.91 bits per heavy atom. The highest BCUT2D eigenvalue weighted by atomic mass is 16.2. The van der Waals surface area contributed by atoms with Crippen LogP contribution in [0.25, 0.3) is 0 Å². The van der Waals surface area contributed by atoms with Crippen LogP contribution in [-0.2, 0) is 4.79 Å². The van der Waals surface area contributed by atoms with Gasteiger partial charge in [0, 0.05) is 31.9 Å². The van der Waals surface area contributed by atoms with Gasteiger partial charge in [0.2, 0.25) is 5.91 Å². The number of aryl methyl sites for hydroxylation is 1. The number of hydrogen-bond donors (Lipinski definition) is 1. The quantitative estimate of drug-likeness (QED) is 0.908. The van der Waals surface area contributed by atoms with Crippen molar-refractivity contribution in [3.63, 3.8) is 0 Å². The van der Waals surface area contributed by atoms with Crippen LogP contribution in [0.5, 0.6) is 0 Å². The molecule has 2 heterocycles. The summed E-state index contributed by atoms with van der Waals surface area (Å²) in [4.78, 5) is 17.0. The molecule has 1 atom stereocenters. The summed E-state index contributed by atoms with van der Waals surface area (Å²) in [5.74, 6) is 0.306. The molecule has 120 valence electrons. The molecule has 0 saturated carbocycles. The molecule has 0 unspecified atom stereocenters. The van der Waals surface area contributed by atoms with Crippen LogP contribution < -0.4 is 10.2 Å². The van der Waals surface area contributed by atoms with Crippen LogP contribution in [0.4, 0.5) is 5.69 Å². The van der Waals surface area contributed by atoms with Gasteiger partial charge >= 0.3 is 0 Å². The molecule has 1 N–H and O–H groups in total. The lowest BCUT2D eigenvalue weighted by Crippen LogP contribution is -2.55. The van der Waals surface area contributed by atoms with Gasteiger partial charge in [-0.15, -0.1) is 0 Å². The predicted molar refractivity (Wildman–Crippen MR) is 90.4 cm³/mol. The van der Waals surface area contributed by atoms with Crippen LogP contribution in [0, 0.1) is 13.8 Å². The fourth-order valence-corrected chi connectivity index (χ4v) is 3.53. The molecule has 0 spiro atoms. The maximum atomic E-state index is 12.6. The number of benzene rings is 1. The van der Waals surface area contributed by atoms with Gasteiger partial charge in [-0.2, -0.15) is 0 Å². The molecule has 2 aliphatic heterocycles. The molecule has 1 aromatic carbocycles. The molecule has 0 bridgehead atoms. The lowest BCUT2D eigenvalue weighted by Gasteiger charge is -2.39. The van der Waals surface area contributed by atoms with Crippen molar-refractivity contribution in [1.29, 1.82) is 0 Å². The number of amides is 1. The number of rotatable bonds is 2. The topological polar surface area (TPSA) is 35.6 Å². The summed E-state index contributed by atoms with van der Waals surface area (Å²) < 4.78 is 0. The third-order valence-corrected chi connectivity index (χ3v) is 5.12. The first-order chi connectivity index (χ1) is 10.7. The lowest BCUT2D eigenvalue weighted by atomic mass is 10.0. The van der Waals surface area contributed by atoms with E-state index < -0.39 is 0 Å². The van der Waals surface area contributed by atoms with Gasteiger partial charge < -0.3 is 15.1 Å². The van der Waals surface area contributed by atoms with E-state index >= 15 is 0 Å². The van der Waals surface area contributed by atoms with Gasteiger partial charge in [0.05, 0.1) is 6.04 Å². The van der Waals surface area contributed by atoms with Gasteiger partial charge in [0.1, 0.15) is 0 Å². The molecular weight excluding hydrogens is 274 g/mol. The third-order valence-electron chi connectivity index (χ3n) is 5.12. The zero-order valence-electron chi connectivity index (χ0n) is 13.8. The molecule has 2 aliphatic rings. The number of carbonyl (C=O) groups is 1. The molecule has 0 aliphatic carbocycles. The maximum Gasteiger partial charge on any atom is 0.239 e. The van der Waals surface area contributed by atoms with Crippen LogP contribution in [0.2, 0.25) is 0 Å². The Morgan fingerprint density at radius 1 is 1.14 bits per heavy atom. The van der Waals surface area contributed by atoms with Gasteiger partial charge in [-0.3, -0.25) is 4.79 Å². The van der Waals surface area contributed by atoms with E-state index in [1.54, 1.807) is 0 Å². The summed E-state index contributed by atoms with van der Waals surface area (Å²) in [5, 5.41) is 3.37. The molecular formula is C18H27N3O. The SMILES string of the molecule is Cc1cccc(N2CCN(C(=O)[C@H]3CCCCN3)CC2)c1C. The molecule has 0 aromatic heterocycles. The Hall–Kier alpha value is -1.55. The minimum atomic E-state index is 0.0565. The fourth-order valence-electron chi connectivity index (χ4n) is 3.53. The first-order valence-electron chi connectivity index (χ1n) is 8.50. The summed E-state index contributed by atoms with van der Waals surface area (Å²) in [7, 11) is 0. The number of anilines is 1. The van der Waals surface area contributed by atoms with E-state index in [0.717, 1.165) is 39.1 Å². The highest BCUT2D eigenvalue weighted by Crippen LogP contribution is 2.24. The van der Waals surface area contributed by atoms with Crippen LogP contribution >= 0.6 is 0 Å². The summed E-state index contributed by atoms with van der Waals surface area (Å²) in [6.45, 7) is 8.88. The Bertz CT molecular complexity index is 529. The Kier molecular flexibility index (Phi) is 4.67. The zero-order chi connectivity index (χ0) is 15.5. The van der Waals surface area contributed by atoms with Crippen molar-refractivity contribution in [2.75, 3.05) is 37.6 Å². The number of hydrogen-bond acceptors (Lipinski definition) is 3. The van der Waals surface area contributed by atoms with Gasteiger partial charge in [-0.05, 0) is 50.4 Å². The van der Waals surface area contributed by atoms with Gasteiger partial charge in [0.25, 0.3) is 0 Å². The minimum Gasteiger partial charge on any atom is -0.368 e. The summed E-state index contributed by atoms with van der Waals surface area (Å²) >= 11 is 0. The van der Waals surface area contributed by atoms with Crippen molar-refractivity contribution in [3.05, 3.63) is 29.3 Å². The van der Waals surface area contributed by atoms with E-state index in [9.17, 15) is 4.79 Å². The highest BCUT2D eigenvalue weighted by molar-refractivity contribution is 5.82. The first kappa shape index (κ1) is 15.3. The van der Waals surface area contributed by atoms with Crippen molar-refractivity contribution < 1.29 is 4.79 Å². The molecule has 1 aromatic rings. The van der Waals surface area contributed by atoms with Gasteiger partial charge in [-0.25, -0.2) is 0 Å². The van der Waals surface area contributed by atoms with E-state index in [4.69, 9.17) is 0 Å². The predicted octanol–water partition coefficient (Wildman–Crippen LogP) is 2.09. The monoisotopic (exact) mass is 301 g/mol.